The zero-order valence-corrected chi connectivity index (χ0v) is 17.3. The van der Waals surface area contributed by atoms with Gasteiger partial charge in [-0.2, -0.15) is 13.2 Å². The Morgan fingerprint density at radius 2 is 1.93 bits per heavy atom. The van der Waals surface area contributed by atoms with Crippen molar-refractivity contribution in [3.63, 3.8) is 0 Å². The van der Waals surface area contributed by atoms with E-state index in [0.29, 0.717) is 6.04 Å². The monoisotopic (exact) mass is 435 g/mol. The Balaban J connectivity index is 0.00000280. The van der Waals surface area contributed by atoms with Gasteiger partial charge in [-0.3, -0.25) is 9.79 Å². The number of amidine groups is 1. The Kier molecular flexibility index (Phi) is 8.07. The number of alkyl halides is 3. The molecular weight excluding hydrogens is 411 g/mol. The van der Waals surface area contributed by atoms with E-state index in [1.54, 1.807) is 11.8 Å². The number of halogens is 4. The maximum absolute atomic E-state index is 13.1. The minimum Gasteiger partial charge on any atom is -0.350 e. The predicted octanol–water partition coefficient (Wildman–Crippen LogP) is 5.19. The third-order valence-corrected chi connectivity index (χ3v) is 6.25. The van der Waals surface area contributed by atoms with Crippen LogP contribution in [0.3, 0.4) is 0 Å². The predicted molar refractivity (Wildman–Crippen MR) is 110 cm³/mol. The number of anilines is 1. The summed E-state index contributed by atoms with van der Waals surface area (Å²) in [6.07, 6.45) is 1.55. The SMILES string of the molecule is CN1/C(=N/C2CCCCC2)SCC1CC(=O)Nc1ccccc1C(F)(F)F.Cl. The van der Waals surface area contributed by atoms with Crippen molar-refractivity contribution < 1.29 is 18.0 Å². The number of hydrogen-bond acceptors (Lipinski definition) is 3. The van der Waals surface area contributed by atoms with Gasteiger partial charge >= 0.3 is 6.18 Å². The van der Waals surface area contributed by atoms with Gasteiger partial charge in [0.05, 0.1) is 17.3 Å². The molecule has 9 heteroatoms. The number of nitrogens with zero attached hydrogens (tertiary/aromatic N) is 2. The average Bonchev–Trinajstić information content (AvgIpc) is 2.95. The molecule has 1 atom stereocenters. The summed E-state index contributed by atoms with van der Waals surface area (Å²) in [6, 6.07) is 5.35. The van der Waals surface area contributed by atoms with Crippen LogP contribution in [0.15, 0.2) is 29.3 Å². The molecule has 1 amide bonds. The summed E-state index contributed by atoms with van der Waals surface area (Å²) in [5, 5.41) is 3.37. The largest absolute Gasteiger partial charge is 0.418 e. The number of aliphatic imine (C=N–C) groups is 1. The number of thioether (sulfide) groups is 1. The summed E-state index contributed by atoms with van der Waals surface area (Å²) >= 11 is 1.62. The second-order valence-corrected chi connectivity index (χ2v) is 8.06. The molecule has 1 aliphatic carbocycles. The highest BCUT2D eigenvalue weighted by Gasteiger charge is 2.34. The summed E-state index contributed by atoms with van der Waals surface area (Å²) in [5.74, 6) is 0.305. The number of rotatable bonds is 4. The standard InChI is InChI=1S/C19H24F3N3OS.ClH/c1-25-14(12-27-18(25)23-13-7-3-2-4-8-13)11-17(26)24-16-10-6-5-9-15(16)19(20,21)22;/h5-6,9-10,13-14H,2-4,7-8,11-12H2,1H3,(H,24,26);1H/b23-18-;. The number of carbonyl (C=O) groups is 1. The lowest BCUT2D eigenvalue weighted by Gasteiger charge is -2.23. The van der Waals surface area contributed by atoms with Gasteiger partial charge in [0.1, 0.15) is 0 Å². The van der Waals surface area contributed by atoms with Crippen LogP contribution in [0.2, 0.25) is 0 Å². The Labute approximate surface area is 173 Å². The van der Waals surface area contributed by atoms with Crippen LogP contribution >= 0.6 is 24.2 Å². The number of benzene rings is 1. The zero-order valence-electron chi connectivity index (χ0n) is 15.7. The summed E-state index contributed by atoms with van der Waals surface area (Å²) in [7, 11) is 1.91. The first-order valence-electron chi connectivity index (χ1n) is 9.24. The molecule has 1 aliphatic heterocycles. The molecule has 0 spiro atoms. The van der Waals surface area contributed by atoms with Crippen molar-refractivity contribution in [1.82, 2.24) is 4.90 Å². The topological polar surface area (TPSA) is 44.7 Å². The van der Waals surface area contributed by atoms with Gasteiger partial charge < -0.3 is 10.2 Å². The molecule has 1 saturated carbocycles. The average molecular weight is 436 g/mol. The van der Waals surface area contributed by atoms with Crippen molar-refractivity contribution in [3.05, 3.63) is 29.8 Å². The molecule has 156 valence electrons. The van der Waals surface area contributed by atoms with E-state index in [0.717, 1.165) is 29.8 Å². The van der Waals surface area contributed by atoms with Gasteiger partial charge in [-0.25, -0.2) is 0 Å². The van der Waals surface area contributed by atoms with E-state index in [9.17, 15) is 18.0 Å². The van der Waals surface area contributed by atoms with Gasteiger partial charge in [0.2, 0.25) is 5.91 Å². The Morgan fingerprint density at radius 1 is 1.25 bits per heavy atom. The maximum Gasteiger partial charge on any atom is 0.418 e. The third kappa shape index (κ3) is 5.80. The molecule has 1 heterocycles. The number of nitrogens with one attached hydrogen (secondary N) is 1. The van der Waals surface area contributed by atoms with Crippen molar-refractivity contribution in [2.75, 3.05) is 18.1 Å². The van der Waals surface area contributed by atoms with E-state index < -0.39 is 17.6 Å². The molecule has 3 rings (SSSR count). The number of para-hydroxylation sites is 1. The fraction of sp³-hybridized carbons (Fsp3) is 0.579. The van der Waals surface area contributed by atoms with Crippen LogP contribution in [-0.2, 0) is 11.0 Å². The highest BCUT2D eigenvalue weighted by atomic mass is 35.5. The summed E-state index contributed by atoms with van der Waals surface area (Å²) in [6.45, 7) is 0. The van der Waals surface area contributed by atoms with Crippen LogP contribution in [-0.4, -0.2) is 40.9 Å². The third-order valence-electron chi connectivity index (χ3n) is 5.05. The smallest absolute Gasteiger partial charge is 0.350 e. The molecule has 1 saturated heterocycles. The lowest BCUT2D eigenvalue weighted by Crippen LogP contribution is -2.34. The van der Waals surface area contributed by atoms with Crippen LogP contribution in [0.5, 0.6) is 0 Å². The van der Waals surface area contributed by atoms with E-state index in [1.165, 1.54) is 37.5 Å². The highest BCUT2D eigenvalue weighted by Crippen LogP contribution is 2.35. The van der Waals surface area contributed by atoms with Crippen LogP contribution in [0, 0.1) is 0 Å². The van der Waals surface area contributed by atoms with E-state index in [4.69, 9.17) is 4.99 Å². The molecule has 4 nitrogen and oxygen atoms in total. The summed E-state index contributed by atoms with van der Waals surface area (Å²) in [5.41, 5.74) is -1.02. The minimum atomic E-state index is -4.50. The Hall–Kier alpha value is -1.41. The van der Waals surface area contributed by atoms with Crippen molar-refractivity contribution >= 4 is 40.9 Å². The molecular formula is C19H25ClF3N3OS. The van der Waals surface area contributed by atoms with Crippen molar-refractivity contribution in [2.24, 2.45) is 4.99 Å². The zero-order chi connectivity index (χ0) is 19.4. The molecule has 1 aromatic rings. The summed E-state index contributed by atoms with van der Waals surface area (Å²) < 4.78 is 39.2. The van der Waals surface area contributed by atoms with Crippen LogP contribution in [0.4, 0.5) is 18.9 Å². The quantitative estimate of drug-likeness (QED) is 0.707. The van der Waals surface area contributed by atoms with E-state index in [2.05, 4.69) is 5.32 Å². The van der Waals surface area contributed by atoms with E-state index >= 15 is 0 Å². The van der Waals surface area contributed by atoms with E-state index in [1.807, 2.05) is 11.9 Å². The van der Waals surface area contributed by atoms with Crippen molar-refractivity contribution in [2.45, 2.75) is 56.8 Å². The lowest BCUT2D eigenvalue weighted by atomic mass is 9.96. The van der Waals surface area contributed by atoms with Crippen LogP contribution in [0.1, 0.15) is 44.1 Å². The molecule has 28 heavy (non-hydrogen) atoms. The van der Waals surface area contributed by atoms with Crippen molar-refractivity contribution in [3.8, 4) is 0 Å². The van der Waals surface area contributed by atoms with Crippen LogP contribution < -0.4 is 5.32 Å². The molecule has 0 aromatic heterocycles. The Bertz CT molecular complexity index is 708. The molecule has 1 N–H and O–H groups in total. The van der Waals surface area contributed by atoms with Gasteiger partial charge in [0.15, 0.2) is 5.17 Å². The second kappa shape index (κ2) is 9.87. The number of hydrogen-bond donors (Lipinski definition) is 1. The number of carbonyl (C=O) groups excluding carboxylic acids is 1. The highest BCUT2D eigenvalue weighted by molar-refractivity contribution is 8.14. The molecule has 0 radical (unpaired) electrons. The van der Waals surface area contributed by atoms with Gasteiger partial charge in [-0.05, 0) is 25.0 Å². The molecule has 0 bridgehead atoms. The first-order valence-corrected chi connectivity index (χ1v) is 10.2. The first-order chi connectivity index (χ1) is 12.8. The minimum absolute atomic E-state index is 0. The fourth-order valence-corrected chi connectivity index (χ4v) is 4.74. The second-order valence-electron chi connectivity index (χ2n) is 7.07. The van der Waals surface area contributed by atoms with Gasteiger partial charge in [0.25, 0.3) is 0 Å². The summed E-state index contributed by atoms with van der Waals surface area (Å²) in [4.78, 5) is 19.2. The normalized spacial score (nSPS) is 22.2. The van der Waals surface area contributed by atoms with Gasteiger partial charge in [0, 0.05) is 25.3 Å². The van der Waals surface area contributed by atoms with Crippen LogP contribution in [0.25, 0.3) is 0 Å². The molecule has 1 unspecified atom stereocenters. The molecule has 2 fully saturated rings. The number of amides is 1. The van der Waals surface area contributed by atoms with E-state index in [-0.39, 0.29) is 30.6 Å². The maximum atomic E-state index is 13.1. The molecule has 1 aromatic carbocycles. The fourth-order valence-electron chi connectivity index (χ4n) is 3.49. The first kappa shape index (κ1) is 22.9. The van der Waals surface area contributed by atoms with Gasteiger partial charge in [-0.15, -0.1) is 12.4 Å². The molecule has 2 aliphatic rings. The van der Waals surface area contributed by atoms with Crippen molar-refractivity contribution in [1.29, 1.82) is 0 Å². The lowest BCUT2D eigenvalue weighted by molar-refractivity contribution is -0.137. The Morgan fingerprint density at radius 3 is 2.61 bits per heavy atom. The van der Waals surface area contributed by atoms with Gasteiger partial charge in [-0.1, -0.05) is 43.2 Å².